The Bertz CT molecular complexity index is 312. The molecule has 0 aliphatic carbocycles. The van der Waals surface area contributed by atoms with Crippen molar-refractivity contribution in [3.63, 3.8) is 0 Å². The molecule has 1 atom stereocenters. The van der Waals surface area contributed by atoms with Crippen molar-refractivity contribution in [1.82, 2.24) is 0 Å². The minimum atomic E-state index is -0.175. The lowest BCUT2D eigenvalue weighted by molar-refractivity contribution is 0.264. The highest BCUT2D eigenvalue weighted by Crippen LogP contribution is 2.18. The van der Waals surface area contributed by atoms with Gasteiger partial charge in [0.05, 0.1) is 0 Å². The molecule has 0 aromatic heterocycles. The second-order valence-corrected chi connectivity index (χ2v) is 4.26. The lowest BCUT2D eigenvalue weighted by Gasteiger charge is -2.15. The molecule has 0 saturated heterocycles. The largest absolute Gasteiger partial charge is 0.483 e. The maximum atomic E-state index is 5.59. The number of hydrogen-bond donors (Lipinski definition) is 1. The summed E-state index contributed by atoms with van der Waals surface area (Å²) in [5.74, 6) is 0.785. The fourth-order valence-electron chi connectivity index (χ4n) is 1.02. The lowest BCUT2D eigenvalue weighted by Crippen LogP contribution is -2.31. The van der Waals surface area contributed by atoms with Gasteiger partial charge in [-0.1, -0.05) is 35.1 Å². The molecular formula is C10H12BrNOS. The minimum Gasteiger partial charge on any atom is -0.483 e. The Hall–Kier alpha value is -0.610. The van der Waals surface area contributed by atoms with E-state index in [4.69, 9.17) is 22.7 Å². The van der Waals surface area contributed by atoms with Crippen LogP contribution in [0.1, 0.15) is 13.3 Å². The average Bonchev–Trinajstić information content (AvgIpc) is 2.16. The monoisotopic (exact) mass is 273 g/mol. The van der Waals surface area contributed by atoms with Gasteiger partial charge in [-0.05, 0) is 30.7 Å². The van der Waals surface area contributed by atoms with Crippen LogP contribution < -0.4 is 10.5 Å². The maximum absolute atomic E-state index is 5.59. The van der Waals surface area contributed by atoms with E-state index in [2.05, 4.69) is 15.9 Å². The van der Waals surface area contributed by atoms with Crippen LogP contribution in [0, 0.1) is 0 Å². The number of ether oxygens (including phenoxy) is 1. The normalized spacial score (nSPS) is 12.1. The lowest BCUT2D eigenvalue weighted by atomic mass is 10.2. The second kappa shape index (κ2) is 5.32. The van der Waals surface area contributed by atoms with E-state index in [1.54, 1.807) is 0 Å². The molecule has 1 unspecified atom stereocenters. The third kappa shape index (κ3) is 3.27. The molecule has 0 amide bonds. The van der Waals surface area contributed by atoms with Crippen molar-refractivity contribution in [3.8, 4) is 5.75 Å². The molecule has 0 bridgehead atoms. The summed E-state index contributed by atoms with van der Waals surface area (Å²) in [5, 5.41) is 0. The van der Waals surface area contributed by atoms with E-state index in [0.717, 1.165) is 16.6 Å². The molecule has 0 aliphatic rings. The van der Waals surface area contributed by atoms with E-state index < -0.39 is 0 Å². The number of halogens is 1. The van der Waals surface area contributed by atoms with E-state index >= 15 is 0 Å². The van der Waals surface area contributed by atoms with Crippen molar-refractivity contribution < 1.29 is 4.74 Å². The van der Waals surface area contributed by atoms with Crippen molar-refractivity contribution in [3.05, 3.63) is 28.7 Å². The van der Waals surface area contributed by atoms with Gasteiger partial charge in [-0.15, -0.1) is 0 Å². The fraction of sp³-hybridized carbons (Fsp3) is 0.300. The van der Waals surface area contributed by atoms with E-state index in [0.29, 0.717) is 4.99 Å². The summed E-state index contributed by atoms with van der Waals surface area (Å²) < 4.78 is 6.61. The molecule has 1 aromatic rings. The quantitative estimate of drug-likeness (QED) is 0.857. The first-order valence-corrected chi connectivity index (χ1v) is 5.55. The van der Waals surface area contributed by atoms with Crippen molar-refractivity contribution in [2.24, 2.45) is 5.73 Å². The Labute approximate surface area is 97.6 Å². The fourth-order valence-corrected chi connectivity index (χ4v) is 1.50. The van der Waals surface area contributed by atoms with Crippen LogP contribution in [0.25, 0.3) is 0 Å². The smallest absolute Gasteiger partial charge is 0.148 e. The summed E-state index contributed by atoms with van der Waals surface area (Å²) in [7, 11) is 0. The summed E-state index contributed by atoms with van der Waals surface area (Å²) in [6.45, 7) is 1.99. The second-order valence-electron chi connectivity index (χ2n) is 2.87. The molecule has 4 heteroatoms. The molecule has 2 nitrogen and oxygen atoms in total. The van der Waals surface area contributed by atoms with Crippen LogP contribution in [0.2, 0.25) is 0 Å². The van der Waals surface area contributed by atoms with Gasteiger partial charge in [0.25, 0.3) is 0 Å². The van der Waals surface area contributed by atoms with Crippen molar-refractivity contribution in [2.75, 3.05) is 0 Å². The molecule has 0 aliphatic heterocycles. The van der Waals surface area contributed by atoms with Crippen LogP contribution in [0.15, 0.2) is 28.7 Å². The zero-order chi connectivity index (χ0) is 10.6. The summed E-state index contributed by atoms with van der Waals surface area (Å²) in [6, 6.07) is 7.60. The number of rotatable bonds is 4. The zero-order valence-corrected chi connectivity index (χ0v) is 10.3. The molecule has 76 valence electrons. The molecule has 0 fully saturated rings. The molecule has 0 saturated carbocycles. The van der Waals surface area contributed by atoms with Crippen LogP contribution in [0.3, 0.4) is 0 Å². The highest BCUT2D eigenvalue weighted by molar-refractivity contribution is 9.10. The third-order valence-electron chi connectivity index (χ3n) is 1.78. The van der Waals surface area contributed by atoms with Crippen molar-refractivity contribution in [1.29, 1.82) is 0 Å². The number of thiocarbonyl (C=S) groups is 1. The molecule has 0 heterocycles. The van der Waals surface area contributed by atoms with Crippen LogP contribution in [0.5, 0.6) is 5.75 Å². The predicted molar refractivity (Wildman–Crippen MR) is 65.6 cm³/mol. The molecule has 1 rings (SSSR count). The molecule has 1 aromatic carbocycles. The molecule has 14 heavy (non-hydrogen) atoms. The Balaban J connectivity index is 2.67. The first-order chi connectivity index (χ1) is 6.63. The van der Waals surface area contributed by atoms with Crippen LogP contribution in [-0.4, -0.2) is 11.1 Å². The average molecular weight is 274 g/mol. The first-order valence-electron chi connectivity index (χ1n) is 4.35. The highest BCUT2D eigenvalue weighted by atomic mass is 79.9. The van der Waals surface area contributed by atoms with Crippen LogP contribution >= 0.6 is 28.1 Å². The van der Waals surface area contributed by atoms with Gasteiger partial charge in [0, 0.05) is 4.47 Å². The number of benzene rings is 1. The van der Waals surface area contributed by atoms with Gasteiger partial charge in [0.1, 0.15) is 16.8 Å². The number of hydrogen-bond acceptors (Lipinski definition) is 2. The standard InChI is InChI=1S/C10H12BrNOS/c1-2-9(10(12)14)13-8-5-3-7(11)4-6-8/h3-6,9H,2H2,1H3,(H2,12,14). The molecule has 0 spiro atoms. The summed E-state index contributed by atoms with van der Waals surface area (Å²) in [6.07, 6.45) is 0.608. The van der Waals surface area contributed by atoms with Gasteiger partial charge < -0.3 is 10.5 Å². The van der Waals surface area contributed by atoms with Gasteiger partial charge in [0.2, 0.25) is 0 Å². The predicted octanol–water partition coefficient (Wildman–Crippen LogP) is 2.89. The maximum Gasteiger partial charge on any atom is 0.148 e. The number of nitrogens with two attached hydrogens (primary N) is 1. The van der Waals surface area contributed by atoms with Crippen molar-refractivity contribution >= 4 is 33.1 Å². The Morgan fingerprint density at radius 2 is 2.07 bits per heavy atom. The van der Waals surface area contributed by atoms with Crippen LogP contribution in [-0.2, 0) is 0 Å². The molecule has 0 radical (unpaired) electrons. The Morgan fingerprint density at radius 1 is 1.50 bits per heavy atom. The highest BCUT2D eigenvalue weighted by Gasteiger charge is 2.10. The van der Waals surface area contributed by atoms with E-state index in [-0.39, 0.29) is 6.10 Å². The van der Waals surface area contributed by atoms with Gasteiger partial charge in [-0.2, -0.15) is 0 Å². The topological polar surface area (TPSA) is 35.2 Å². The summed E-state index contributed by atoms with van der Waals surface area (Å²) in [5.41, 5.74) is 5.52. The van der Waals surface area contributed by atoms with Gasteiger partial charge in [-0.3, -0.25) is 0 Å². The van der Waals surface area contributed by atoms with E-state index in [1.807, 2.05) is 31.2 Å². The van der Waals surface area contributed by atoms with E-state index in [9.17, 15) is 0 Å². The van der Waals surface area contributed by atoms with Crippen LogP contribution in [0.4, 0.5) is 0 Å². The zero-order valence-electron chi connectivity index (χ0n) is 7.87. The third-order valence-corrected chi connectivity index (χ3v) is 2.57. The van der Waals surface area contributed by atoms with E-state index in [1.165, 1.54) is 0 Å². The van der Waals surface area contributed by atoms with Gasteiger partial charge in [-0.25, -0.2) is 0 Å². The Morgan fingerprint density at radius 3 is 2.50 bits per heavy atom. The van der Waals surface area contributed by atoms with Gasteiger partial charge in [0.15, 0.2) is 0 Å². The molecule has 2 N–H and O–H groups in total. The summed E-state index contributed by atoms with van der Waals surface area (Å²) in [4.78, 5) is 0.399. The van der Waals surface area contributed by atoms with Gasteiger partial charge >= 0.3 is 0 Å². The van der Waals surface area contributed by atoms with Crippen molar-refractivity contribution in [2.45, 2.75) is 19.4 Å². The first kappa shape index (κ1) is 11.5. The summed E-state index contributed by atoms with van der Waals surface area (Å²) >= 11 is 8.24. The SMILES string of the molecule is CCC(Oc1ccc(Br)cc1)C(N)=S. The minimum absolute atomic E-state index is 0.175. The Kier molecular flexibility index (Phi) is 4.35. The molecular weight excluding hydrogens is 262 g/mol.